The van der Waals surface area contributed by atoms with Gasteiger partial charge >= 0.3 is 0 Å². The van der Waals surface area contributed by atoms with Crippen molar-refractivity contribution in [3.05, 3.63) is 70.5 Å². The first kappa shape index (κ1) is 15.0. The third-order valence-corrected chi connectivity index (χ3v) is 3.98. The van der Waals surface area contributed by atoms with Gasteiger partial charge in [-0.25, -0.2) is 4.39 Å². The molecule has 0 aliphatic heterocycles. The Morgan fingerprint density at radius 1 is 0.950 bits per heavy atom. The van der Waals surface area contributed by atoms with Crippen LogP contribution in [0.1, 0.15) is 11.1 Å². The van der Waals surface area contributed by atoms with E-state index in [0.29, 0.717) is 5.56 Å². The molecule has 4 heteroatoms. The van der Waals surface area contributed by atoms with Crippen LogP contribution < -0.4 is 0 Å². The maximum atomic E-state index is 13.5. The molecule has 106 valence electrons. The summed E-state index contributed by atoms with van der Waals surface area (Å²) in [6.07, 6.45) is 0.264. The van der Waals surface area contributed by atoms with E-state index in [1.165, 1.54) is 6.07 Å². The first-order chi connectivity index (χ1) is 9.63. The molecule has 20 heavy (non-hydrogen) atoms. The summed E-state index contributed by atoms with van der Waals surface area (Å²) in [5.74, 6) is -0.498. The summed E-state index contributed by atoms with van der Waals surface area (Å²) in [7, 11) is 0. The Balaban J connectivity index is 2.42. The van der Waals surface area contributed by atoms with E-state index >= 15 is 0 Å². The normalized spacial score (nSPS) is 11.6. The second-order valence-corrected chi connectivity index (χ2v) is 5.23. The van der Waals surface area contributed by atoms with Gasteiger partial charge in [0.05, 0.1) is 18.2 Å². The van der Waals surface area contributed by atoms with Crippen molar-refractivity contribution >= 4 is 11.6 Å². The van der Waals surface area contributed by atoms with Crippen LogP contribution in [0.4, 0.5) is 4.39 Å². The lowest BCUT2D eigenvalue weighted by atomic mass is 9.77. The Labute approximate surface area is 122 Å². The lowest BCUT2D eigenvalue weighted by molar-refractivity contribution is 0.116. The minimum atomic E-state index is -0.876. The first-order valence-electron chi connectivity index (χ1n) is 6.33. The Kier molecular flexibility index (Phi) is 4.76. The van der Waals surface area contributed by atoms with Crippen molar-refractivity contribution < 1.29 is 14.6 Å². The highest BCUT2D eigenvalue weighted by Crippen LogP contribution is 2.31. The van der Waals surface area contributed by atoms with Crippen molar-refractivity contribution in [1.82, 2.24) is 0 Å². The van der Waals surface area contributed by atoms with E-state index in [2.05, 4.69) is 0 Å². The van der Waals surface area contributed by atoms with Crippen molar-refractivity contribution in [2.24, 2.45) is 0 Å². The molecular formula is C16H16ClFO2. The summed E-state index contributed by atoms with van der Waals surface area (Å²) >= 11 is 5.96. The monoisotopic (exact) mass is 294 g/mol. The van der Waals surface area contributed by atoms with Gasteiger partial charge in [-0.15, -0.1) is 0 Å². The predicted octanol–water partition coefficient (Wildman–Crippen LogP) is 2.94. The largest absolute Gasteiger partial charge is 0.395 e. The minimum absolute atomic E-state index is 0.0368. The van der Waals surface area contributed by atoms with E-state index in [0.717, 1.165) is 5.56 Å². The van der Waals surface area contributed by atoms with Gasteiger partial charge in [-0.1, -0.05) is 54.1 Å². The summed E-state index contributed by atoms with van der Waals surface area (Å²) in [4.78, 5) is 0. The zero-order valence-electron chi connectivity index (χ0n) is 10.9. The maximum Gasteiger partial charge on any atom is 0.142 e. The molecule has 2 aromatic carbocycles. The predicted molar refractivity (Wildman–Crippen MR) is 77.4 cm³/mol. The molecular weight excluding hydrogens is 279 g/mol. The van der Waals surface area contributed by atoms with E-state index in [1.807, 2.05) is 30.3 Å². The van der Waals surface area contributed by atoms with E-state index in [-0.39, 0.29) is 24.7 Å². The number of halogens is 2. The van der Waals surface area contributed by atoms with Crippen LogP contribution in [0.5, 0.6) is 0 Å². The summed E-state index contributed by atoms with van der Waals surface area (Å²) in [5.41, 5.74) is 0.488. The van der Waals surface area contributed by atoms with Crippen molar-refractivity contribution in [2.75, 3.05) is 13.2 Å². The Bertz CT molecular complexity index is 568. The summed E-state index contributed by atoms with van der Waals surface area (Å²) in [6.45, 7) is -0.499. The Morgan fingerprint density at radius 3 is 2.20 bits per heavy atom. The summed E-state index contributed by atoms with van der Waals surface area (Å²) < 4.78 is 13.5. The van der Waals surface area contributed by atoms with Gasteiger partial charge in [-0.2, -0.15) is 0 Å². The van der Waals surface area contributed by atoms with Crippen LogP contribution in [0.25, 0.3) is 0 Å². The zero-order valence-corrected chi connectivity index (χ0v) is 11.6. The van der Waals surface area contributed by atoms with Gasteiger partial charge in [-0.05, 0) is 23.6 Å². The van der Waals surface area contributed by atoms with Gasteiger partial charge in [0.2, 0.25) is 0 Å². The van der Waals surface area contributed by atoms with Gasteiger partial charge in [0.1, 0.15) is 5.82 Å². The molecule has 2 nitrogen and oxygen atoms in total. The molecule has 0 bridgehead atoms. The standard InChI is InChI=1S/C16H16ClFO2/c17-15-12(5-4-8-14(15)18)9-16(10-19,11-20)13-6-2-1-3-7-13/h1-8,19-20H,9-11H2. The fourth-order valence-electron chi connectivity index (χ4n) is 2.29. The topological polar surface area (TPSA) is 40.5 Å². The molecule has 0 heterocycles. The molecule has 2 aromatic rings. The molecule has 0 atom stereocenters. The maximum absolute atomic E-state index is 13.5. The summed E-state index contributed by atoms with van der Waals surface area (Å²) in [5, 5.41) is 19.5. The van der Waals surface area contributed by atoms with Crippen molar-refractivity contribution in [3.8, 4) is 0 Å². The molecule has 0 aromatic heterocycles. The van der Waals surface area contributed by atoms with Crippen molar-refractivity contribution in [3.63, 3.8) is 0 Å². The molecule has 0 amide bonds. The number of hydrogen-bond donors (Lipinski definition) is 2. The molecule has 0 unspecified atom stereocenters. The number of aliphatic hydroxyl groups is 2. The average molecular weight is 295 g/mol. The molecule has 0 spiro atoms. The van der Waals surface area contributed by atoms with Crippen molar-refractivity contribution in [2.45, 2.75) is 11.8 Å². The highest BCUT2D eigenvalue weighted by atomic mass is 35.5. The molecule has 0 aliphatic carbocycles. The third kappa shape index (κ3) is 2.85. The quantitative estimate of drug-likeness (QED) is 0.890. The SMILES string of the molecule is OCC(CO)(Cc1cccc(F)c1Cl)c1ccccc1. The zero-order chi connectivity index (χ0) is 14.6. The number of hydrogen-bond acceptors (Lipinski definition) is 2. The van der Waals surface area contributed by atoms with Crippen LogP contribution in [-0.4, -0.2) is 23.4 Å². The van der Waals surface area contributed by atoms with Crippen LogP contribution in [-0.2, 0) is 11.8 Å². The molecule has 0 aliphatic rings. The van der Waals surface area contributed by atoms with E-state index in [1.54, 1.807) is 12.1 Å². The molecule has 0 fully saturated rings. The second-order valence-electron chi connectivity index (χ2n) is 4.85. The molecule has 0 saturated carbocycles. The third-order valence-electron chi connectivity index (χ3n) is 3.55. The molecule has 2 rings (SSSR count). The lowest BCUT2D eigenvalue weighted by Crippen LogP contribution is -2.37. The fraction of sp³-hybridized carbons (Fsp3) is 0.250. The van der Waals surface area contributed by atoms with Gasteiger partial charge < -0.3 is 10.2 Å². The second kappa shape index (κ2) is 6.35. The highest BCUT2D eigenvalue weighted by Gasteiger charge is 2.32. The lowest BCUT2D eigenvalue weighted by Gasteiger charge is -2.31. The van der Waals surface area contributed by atoms with E-state index in [4.69, 9.17) is 11.6 Å². The fourth-order valence-corrected chi connectivity index (χ4v) is 2.48. The van der Waals surface area contributed by atoms with Crippen LogP contribution in [0.15, 0.2) is 48.5 Å². The van der Waals surface area contributed by atoms with Crippen LogP contribution in [0.3, 0.4) is 0 Å². The highest BCUT2D eigenvalue weighted by molar-refractivity contribution is 6.31. The van der Waals surface area contributed by atoms with Gasteiger partial charge in [0.25, 0.3) is 0 Å². The van der Waals surface area contributed by atoms with E-state index in [9.17, 15) is 14.6 Å². The molecule has 2 N–H and O–H groups in total. The van der Waals surface area contributed by atoms with Gasteiger partial charge in [0, 0.05) is 5.41 Å². The molecule has 0 saturated heterocycles. The Morgan fingerprint density at radius 2 is 1.60 bits per heavy atom. The summed E-state index contributed by atoms with van der Waals surface area (Å²) in [6, 6.07) is 13.8. The smallest absolute Gasteiger partial charge is 0.142 e. The van der Waals surface area contributed by atoms with E-state index < -0.39 is 11.2 Å². The van der Waals surface area contributed by atoms with Gasteiger partial charge in [0.15, 0.2) is 0 Å². The van der Waals surface area contributed by atoms with Crippen molar-refractivity contribution in [1.29, 1.82) is 0 Å². The van der Waals surface area contributed by atoms with Crippen LogP contribution >= 0.6 is 11.6 Å². The number of rotatable bonds is 5. The first-order valence-corrected chi connectivity index (χ1v) is 6.71. The van der Waals surface area contributed by atoms with Crippen LogP contribution in [0.2, 0.25) is 5.02 Å². The Hall–Kier alpha value is -1.42. The number of aliphatic hydroxyl groups excluding tert-OH is 2. The van der Waals surface area contributed by atoms with Gasteiger partial charge in [-0.3, -0.25) is 0 Å². The van der Waals surface area contributed by atoms with Crippen LogP contribution in [0, 0.1) is 5.82 Å². The number of benzene rings is 2. The minimum Gasteiger partial charge on any atom is -0.395 e. The average Bonchev–Trinajstić information content (AvgIpc) is 2.50. The molecule has 0 radical (unpaired) electrons.